The third-order valence-electron chi connectivity index (χ3n) is 1.29. The summed E-state index contributed by atoms with van der Waals surface area (Å²) in [5.74, 6) is 0. The topological polar surface area (TPSA) is 96.4 Å². The summed E-state index contributed by atoms with van der Waals surface area (Å²) in [5, 5.41) is 7.89. The van der Waals surface area contributed by atoms with E-state index in [0.29, 0.717) is 0 Å². The molecule has 0 spiro atoms. The molecule has 6 heteroatoms. The number of benzene rings is 1. The van der Waals surface area contributed by atoms with Crippen LogP contribution in [-0.2, 0) is 10.0 Å². The molecule has 64 valence electrons. The zero-order valence-electron chi connectivity index (χ0n) is 6.06. The molecule has 1 aromatic carbocycles. The Morgan fingerprint density at radius 3 is 2.33 bits per heavy atom. The van der Waals surface area contributed by atoms with Gasteiger partial charge in [0.25, 0.3) is 0 Å². The van der Waals surface area contributed by atoms with Gasteiger partial charge in [0.15, 0.2) is 0 Å². The Balaban J connectivity index is 3.43. The van der Waals surface area contributed by atoms with Gasteiger partial charge in [0, 0.05) is 0 Å². The average Bonchev–Trinajstić information content (AvgIpc) is 2.03. The van der Waals surface area contributed by atoms with E-state index in [0.717, 1.165) is 0 Å². The summed E-state index contributed by atoms with van der Waals surface area (Å²) < 4.78 is 21.7. The highest BCUT2D eigenvalue weighted by Crippen LogP contribution is 2.21. The van der Waals surface area contributed by atoms with Gasteiger partial charge in [-0.3, -0.25) is 0 Å². The summed E-state index contributed by atoms with van der Waals surface area (Å²) in [5.41, 5.74) is 6.73. The van der Waals surface area contributed by atoms with E-state index in [9.17, 15) is 8.42 Å². The number of nitrogens with two attached hydrogens (primary N) is 1. The van der Waals surface area contributed by atoms with Gasteiger partial charge in [0.1, 0.15) is 10.6 Å². The molecule has 0 aliphatic heterocycles. The van der Waals surface area contributed by atoms with Gasteiger partial charge in [-0.2, -0.15) is 5.11 Å². The van der Waals surface area contributed by atoms with E-state index in [1.807, 2.05) is 0 Å². The maximum atomic E-state index is 10.8. The second kappa shape index (κ2) is 3.00. The molecule has 0 heterocycles. The molecule has 1 aromatic rings. The van der Waals surface area contributed by atoms with Crippen LogP contribution in [0.4, 0.5) is 5.69 Å². The van der Waals surface area contributed by atoms with Crippen LogP contribution in [0.25, 0.3) is 0 Å². The number of primary sulfonamides is 1. The predicted molar refractivity (Wildman–Crippen MR) is 42.6 cm³/mol. The number of para-hydroxylation sites is 1. The Labute approximate surface area is 69.8 Å². The molecule has 3 N–H and O–H groups in total. The largest absolute Gasteiger partial charge is 0.240 e. The van der Waals surface area contributed by atoms with Gasteiger partial charge in [-0.15, -0.1) is 0 Å². The molecule has 5 nitrogen and oxygen atoms in total. The number of hydrogen-bond donors (Lipinski definition) is 2. The standard InChI is InChI=1S/C6H7N3O2S/c7-9-5-3-1-2-4-6(5)12(8,10)11/h1-4,7H,(H2,8,10,11). The van der Waals surface area contributed by atoms with Crippen molar-refractivity contribution in [3.63, 3.8) is 0 Å². The Hall–Kier alpha value is -1.27. The van der Waals surface area contributed by atoms with Gasteiger partial charge < -0.3 is 0 Å². The molecule has 0 radical (unpaired) electrons. The first-order chi connectivity index (χ1) is 5.55. The van der Waals surface area contributed by atoms with E-state index >= 15 is 0 Å². The average molecular weight is 185 g/mol. The molecular formula is C6H7N3O2S. The van der Waals surface area contributed by atoms with E-state index in [4.69, 9.17) is 10.7 Å². The third kappa shape index (κ3) is 1.66. The van der Waals surface area contributed by atoms with Crippen molar-refractivity contribution in [2.75, 3.05) is 0 Å². The minimum Gasteiger partial charge on any atom is -0.225 e. The second-order valence-electron chi connectivity index (χ2n) is 2.12. The van der Waals surface area contributed by atoms with E-state index < -0.39 is 10.0 Å². The van der Waals surface area contributed by atoms with Crippen LogP contribution in [-0.4, -0.2) is 8.42 Å². The highest BCUT2D eigenvalue weighted by atomic mass is 32.2. The molecular weight excluding hydrogens is 178 g/mol. The number of nitrogens with one attached hydrogen (secondary N) is 1. The normalized spacial score (nSPS) is 11.1. The minimum atomic E-state index is -3.76. The van der Waals surface area contributed by atoms with Gasteiger partial charge in [-0.25, -0.2) is 19.1 Å². The van der Waals surface area contributed by atoms with Crippen LogP contribution in [0, 0.1) is 5.53 Å². The fourth-order valence-electron chi connectivity index (χ4n) is 0.790. The Morgan fingerprint density at radius 2 is 1.92 bits per heavy atom. The molecule has 0 aliphatic rings. The maximum absolute atomic E-state index is 10.8. The van der Waals surface area contributed by atoms with Crippen LogP contribution in [0.5, 0.6) is 0 Å². The lowest BCUT2D eigenvalue weighted by atomic mass is 10.3. The summed E-state index contributed by atoms with van der Waals surface area (Å²) in [6, 6.07) is 5.83. The first-order valence-electron chi connectivity index (χ1n) is 3.05. The van der Waals surface area contributed by atoms with E-state index in [-0.39, 0.29) is 10.6 Å². The molecule has 0 saturated heterocycles. The van der Waals surface area contributed by atoms with Crippen LogP contribution in [0.3, 0.4) is 0 Å². The monoisotopic (exact) mass is 185 g/mol. The Bertz CT molecular complexity index is 399. The molecule has 0 fully saturated rings. The maximum Gasteiger partial charge on any atom is 0.240 e. The number of nitrogens with zero attached hydrogens (tertiary/aromatic N) is 1. The van der Waals surface area contributed by atoms with Crippen LogP contribution in [0.15, 0.2) is 34.3 Å². The first-order valence-corrected chi connectivity index (χ1v) is 4.59. The van der Waals surface area contributed by atoms with Crippen LogP contribution >= 0.6 is 0 Å². The lowest BCUT2D eigenvalue weighted by molar-refractivity contribution is 0.598. The van der Waals surface area contributed by atoms with Crippen molar-refractivity contribution in [2.45, 2.75) is 4.90 Å². The molecule has 0 aliphatic carbocycles. The van der Waals surface area contributed by atoms with Crippen molar-refractivity contribution in [1.29, 1.82) is 5.53 Å². The fourth-order valence-corrected chi connectivity index (χ4v) is 1.46. The number of sulfonamides is 1. The lowest BCUT2D eigenvalue weighted by Gasteiger charge is -1.99. The Kier molecular flexibility index (Phi) is 2.20. The first kappa shape index (κ1) is 8.82. The van der Waals surface area contributed by atoms with Gasteiger partial charge in [-0.05, 0) is 12.1 Å². The Morgan fingerprint density at radius 1 is 1.33 bits per heavy atom. The molecule has 1 rings (SSSR count). The smallest absolute Gasteiger partial charge is 0.225 e. The summed E-state index contributed by atoms with van der Waals surface area (Å²) in [6.45, 7) is 0. The zero-order chi connectivity index (χ0) is 9.19. The summed E-state index contributed by atoms with van der Waals surface area (Å²) in [4.78, 5) is -0.125. The predicted octanol–water partition coefficient (Wildman–Crippen LogP) is 0.996. The summed E-state index contributed by atoms with van der Waals surface area (Å²) in [7, 11) is -3.76. The molecule has 0 saturated carbocycles. The molecule has 0 aromatic heterocycles. The van der Waals surface area contributed by atoms with Crippen molar-refractivity contribution in [3.05, 3.63) is 24.3 Å². The zero-order valence-corrected chi connectivity index (χ0v) is 6.88. The quantitative estimate of drug-likeness (QED) is 0.672. The molecule has 12 heavy (non-hydrogen) atoms. The lowest BCUT2D eigenvalue weighted by Crippen LogP contribution is -2.11. The number of hydrogen-bond acceptors (Lipinski definition) is 4. The van der Waals surface area contributed by atoms with Crippen LogP contribution < -0.4 is 5.14 Å². The van der Waals surface area contributed by atoms with Gasteiger partial charge in [0.2, 0.25) is 10.0 Å². The summed E-state index contributed by atoms with van der Waals surface area (Å²) >= 11 is 0. The van der Waals surface area contributed by atoms with Crippen molar-refractivity contribution in [2.24, 2.45) is 10.3 Å². The van der Waals surface area contributed by atoms with E-state index in [1.54, 1.807) is 6.07 Å². The van der Waals surface area contributed by atoms with Gasteiger partial charge in [0.05, 0.1) is 0 Å². The highest BCUT2D eigenvalue weighted by molar-refractivity contribution is 7.89. The SMILES string of the molecule is N=Nc1ccccc1S(N)(=O)=O. The van der Waals surface area contributed by atoms with Crippen molar-refractivity contribution >= 4 is 15.7 Å². The van der Waals surface area contributed by atoms with Crippen molar-refractivity contribution in [1.82, 2.24) is 0 Å². The van der Waals surface area contributed by atoms with Gasteiger partial charge >= 0.3 is 0 Å². The molecule has 0 bridgehead atoms. The minimum absolute atomic E-state index is 0.0556. The third-order valence-corrected chi connectivity index (χ3v) is 2.25. The molecule has 0 amide bonds. The number of rotatable bonds is 2. The van der Waals surface area contributed by atoms with Gasteiger partial charge in [-0.1, -0.05) is 12.1 Å². The molecule has 0 atom stereocenters. The second-order valence-corrected chi connectivity index (χ2v) is 3.65. The van der Waals surface area contributed by atoms with Crippen molar-refractivity contribution in [3.8, 4) is 0 Å². The van der Waals surface area contributed by atoms with E-state index in [1.165, 1.54) is 18.2 Å². The summed E-state index contributed by atoms with van der Waals surface area (Å²) in [6.07, 6.45) is 0. The molecule has 0 unspecified atom stereocenters. The van der Waals surface area contributed by atoms with Crippen molar-refractivity contribution < 1.29 is 8.42 Å². The van der Waals surface area contributed by atoms with Crippen LogP contribution in [0.2, 0.25) is 0 Å². The highest BCUT2D eigenvalue weighted by Gasteiger charge is 2.11. The van der Waals surface area contributed by atoms with E-state index in [2.05, 4.69) is 5.11 Å². The fraction of sp³-hybridized carbons (Fsp3) is 0. The van der Waals surface area contributed by atoms with Crippen LogP contribution in [0.1, 0.15) is 0 Å².